The van der Waals surface area contributed by atoms with Gasteiger partial charge in [-0.25, -0.2) is 0 Å². The molecular formula is C17H16BrF3N2O3. The molecule has 0 saturated heterocycles. The summed E-state index contributed by atoms with van der Waals surface area (Å²) < 4.78 is 43.5. The highest BCUT2D eigenvalue weighted by Crippen LogP contribution is 2.30. The van der Waals surface area contributed by atoms with Crippen molar-refractivity contribution in [2.45, 2.75) is 26.3 Å². The van der Waals surface area contributed by atoms with E-state index in [2.05, 4.69) is 26.0 Å². The molecule has 1 N–H and O–H groups in total. The lowest BCUT2D eigenvalue weighted by Crippen LogP contribution is -2.34. The number of nitrogens with zero attached hydrogens (tertiary/aromatic N) is 1. The quantitative estimate of drug-likeness (QED) is 0.797. The first-order valence-corrected chi connectivity index (χ1v) is 8.32. The van der Waals surface area contributed by atoms with E-state index in [9.17, 15) is 22.8 Å². The number of carbonyl (C=O) groups excluding carboxylic acids is 1. The summed E-state index contributed by atoms with van der Waals surface area (Å²) in [5.41, 5.74) is 0.158. The molecule has 0 spiro atoms. The molecule has 0 fully saturated rings. The molecular weight excluding hydrogens is 417 g/mol. The fourth-order valence-electron chi connectivity index (χ4n) is 2.36. The van der Waals surface area contributed by atoms with Crippen molar-refractivity contribution in [3.05, 3.63) is 62.0 Å². The SMILES string of the molecule is Cc1c(Br)cc(C(=O)NC(C)c2ccccc2OC(F)(F)F)c(=O)n1C. The lowest BCUT2D eigenvalue weighted by atomic mass is 10.1. The number of carbonyl (C=O) groups is 1. The summed E-state index contributed by atoms with van der Waals surface area (Å²) in [5.74, 6) is -1.11. The van der Waals surface area contributed by atoms with Gasteiger partial charge in [-0.3, -0.25) is 9.59 Å². The minimum absolute atomic E-state index is 0.119. The molecule has 9 heteroatoms. The summed E-state index contributed by atoms with van der Waals surface area (Å²) in [5, 5.41) is 2.53. The molecule has 140 valence electrons. The van der Waals surface area contributed by atoms with E-state index in [0.717, 1.165) is 6.07 Å². The van der Waals surface area contributed by atoms with Crippen LogP contribution in [0.25, 0.3) is 0 Å². The predicted octanol–water partition coefficient (Wildman–Crippen LogP) is 3.85. The van der Waals surface area contributed by atoms with Gasteiger partial charge in [0.25, 0.3) is 11.5 Å². The monoisotopic (exact) mass is 432 g/mol. The first-order valence-electron chi connectivity index (χ1n) is 7.53. The van der Waals surface area contributed by atoms with Gasteiger partial charge >= 0.3 is 6.36 Å². The second-order valence-electron chi connectivity index (χ2n) is 5.64. The number of hydrogen-bond donors (Lipinski definition) is 1. The third kappa shape index (κ3) is 4.46. The Labute approximate surface area is 155 Å². The molecule has 1 atom stereocenters. The Morgan fingerprint density at radius 1 is 1.31 bits per heavy atom. The van der Waals surface area contributed by atoms with Gasteiger partial charge in [0.1, 0.15) is 11.3 Å². The maximum Gasteiger partial charge on any atom is 0.573 e. The Kier molecular flexibility index (Phi) is 5.80. The predicted molar refractivity (Wildman–Crippen MR) is 93.1 cm³/mol. The maximum absolute atomic E-state index is 12.5. The van der Waals surface area contributed by atoms with E-state index in [0.29, 0.717) is 10.2 Å². The summed E-state index contributed by atoms with van der Waals surface area (Å²) in [6.45, 7) is 3.21. The molecule has 1 unspecified atom stereocenters. The molecule has 0 radical (unpaired) electrons. The molecule has 2 rings (SSSR count). The molecule has 1 aromatic carbocycles. The molecule has 0 bridgehead atoms. The number of halogens is 4. The van der Waals surface area contributed by atoms with Crippen molar-refractivity contribution in [2.24, 2.45) is 7.05 Å². The topological polar surface area (TPSA) is 60.3 Å². The molecule has 0 aliphatic carbocycles. The second-order valence-corrected chi connectivity index (χ2v) is 6.49. The van der Waals surface area contributed by atoms with Crippen LogP contribution in [0.4, 0.5) is 13.2 Å². The first-order chi connectivity index (χ1) is 12.0. The van der Waals surface area contributed by atoms with Crippen LogP contribution in [0.1, 0.15) is 34.6 Å². The molecule has 0 aliphatic rings. The summed E-state index contributed by atoms with van der Waals surface area (Å²) in [7, 11) is 1.52. The van der Waals surface area contributed by atoms with E-state index in [-0.39, 0.29) is 11.1 Å². The van der Waals surface area contributed by atoms with Crippen molar-refractivity contribution in [2.75, 3.05) is 0 Å². The van der Waals surface area contributed by atoms with Gasteiger partial charge in [0.2, 0.25) is 0 Å². The lowest BCUT2D eigenvalue weighted by Gasteiger charge is -2.19. The standard InChI is InChI=1S/C17H16BrF3N2O3/c1-9(11-6-4-5-7-14(11)26-17(19,20)21)22-15(24)12-8-13(18)10(2)23(3)16(12)25/h4-9H,1-3H3,(H,22,24). The third-order valence-corrected chi connectivity index (χ3v) is 4.66. The highest BCUT2D eigenvalue weighted by atomic mass is 79.9. The van der Waals surface area contributed by atoms with Crippen LogP contribution in [0.3, 0.4) is 0 Å². The number of alkyl halides is 3. The van der Waals surface area contributed by atoms with Gasteiger partial charge in [-0.1, -0.05) is 18.2 Å². The van der Waals surface area contributed by atoms with Crippen molar-refractivity contribution in [1.29, 1.82) is 0 Å². The van der Waals surface area contributed by atoms with Gasteiger partial charge in [-0.15, -0.1) is 13.2 Å². The third-order valence-electron chi connectivity index (χ3n) is 3.86. The van der Waals surface area contributed by atoms with Gasteiger partial charge in [0.05, 0.1) is 6.04 Å². The number of nitrogens with one attached hydrogen (secondary N) is 1. The van der Waals surface area contributed by atoms with Crippen molar-refractivity contribution in [1.82, 2.24) is 9.88 Å². The Balaban J connectivity index is 2.30. The van der Waals surface area contributed by atoms with Crippen molar-refractivity contribution in [3.8, 4) is 5.75 Å². The highest BCUT2D eigenvalue weighted by Gasteiger charge is 2.32. The van der Waals surface area contributed by atoms with E-state index < -0.39 is 29.6 Å². The summed E-state index contributed by atoms with van der Waals surface area (Å²) in [6, 6.07) is 6.07. The Bertz CT molecular complexity index is 894. The van der Waals surface area contributed by atoms with Crippen LogP contribution in [0.2, 0.25) is 0 Å². The second kappa shape index (κ2) is 7.53. The molecule has 0 aliphatic heterocycles. The maximum atomic E-state index is 12.5. The van der Waals surface area contributed by atoms with E-state index in [1.807, 2.05) is 0 Å². The van der Waals surface area contributed by atoms with E-state index in [1.165, 1.54) is 42.8 Å². The van der Waals surface area contributed by atoms with Crippen LogP contribution in [-0.4, -0.2) is 16.8 Å². The number of pyridine rings is 1. The molecule has 2 aromatic rings. The zero-order valence-corrected chi connectivity index (χ0v) is 15.7. The van der Waals surface area contributed by atoms with Crippen LogP contribution in [-0.2, 0) is 7.05 Å². The molecule has 1 aromatic heterocycles. The van der Waals surface area contributed by atoms with Crippen molar-refractivity contribution < 1.29 is 22.7 Å². The zero-order valence-electron chi connectivity index (χ0n) is 14.1. The largest absolute Gasteiger partial charge is 0.573 e. The van der Waals surface area contributed by atoms with Crippen LogP contribution < -0.4 is 15.6 Å². The fourth-order valence-corrected chi connectivity index (χ4v) is 2.85. The molecule has 0 saturated carbocycles. The zero-order chi connectivity index (χ0) is 19.6. The lowest BCUT2D eigenvalue weighted by molar-refractivity contribution is -0.275. The molecule has 1 heterocycles. The van der Waals surface area contributed by atoms with Gasteiger partial charge in [-0.2, -0.15) is 0 Å². The molecule has 1 amide bonds. The van der Waals surface area contributed by atoms with E-state index >= 15 is 0 Å². The van der Waals surface area contributed by atoms with Crippen molar-refractivity contribution >= 4 is 21.8 Å². The Morgan fingerprint density at radius 2 is 1.92 bits per heavy atom. The molecule has 5 nitrogen and oxygen atoms in total. The van der Waals surface area contributed by atoms with Crippen LogP contribution in [0, 0.1) is 6.92 Å². The fraction of sp³-hybridized carbons (Fsp3) is 0.294. The number of amides is 1. The Morgan fingerprint density at radius 3 is 2.54 bits per heavy atom. The van der Waals surface area contributed by atoms with Gasteiger partial charge in [0.15, 0.2) is 0 Å². The van der Waals surface area contributed by atoms with Crippen LogP contribution >= 0.6 is 15.9 Å². The first kappa shape index (κ1) is 20.0. The van der Waals surface area contributed by atoms with E-state index in [1.54, 1.807) is 6.92 Å². The van der Waals surface area contributed by atoms with Crippen LogP contribution in [0.15, 0.2) is 39.6 Å². The highest BCUT2D eigenvalue weighted by molar-refractivity contribution is 9.10. The Hall–Kier alpha value is -2.29. The minimum Gasteiger partial charge on any atom is -0.405 e. The summed E-state index contributed by atoms with van der Waals surface area (Å²) in [6.07, 6.45) is -4.85. The van der Waals surface area contributed by atoms with Gasteiger partial charge in [0, 0.05) is 22.8 Å². The number of hydrogen-bond acceptors (Lipinski definition) is 3. The minimum atomic E-state index is -4.85. The normalized spacial score (nSPS) is 12.6. The number of benzene rings is 1. The summed E-state index contributed by atoms with van der Waals surface area (Å²) in [4.78, 5) is 24.7. The van der Waals surface area contributed by atoms with E-state index in [4.69, 9.17) is 0 Å². The number of aromatic nitrogens is 1. The van der Waals surface area contributed by atoms with Gasteiger partial charge in [-0.05, 0) is 41.9 Å². The molecule has 26 heavy (non-hydrogen) atoms. The number of ether oxygens (including phenoxy) is 1. The number of rotatable bonds is 4. The van der Waals surface area contributed by atoms with Crippen molar-refractivity contribution in [3.63, 3.8) is 0 Å². The average molecular weight is 433 g/mol. The smallest absolute Gasteiger partial charge is 0.405 e. The van der Waals surface area contributed by atoms with Crippen LogP contribution in [0.5, 0.6) is 5.75 Å². The average Bonchev–Trinajstić information content (AvgIpc) is 2.55. The summed E-state index contributed by atoms with van der Waals surface area (Å²) >= 11 is 3.27. The number of para-hydroxylation sites is 1. The van der Waals surface area contributed by atoms with Gasteiger partial charge < -0.3 is 14.6 Å².